The Balaban J connectivity index is 1.86. The Kier molecular flexibility index (Phi) is 4.06. The van der Waals surface area contributed by atoms with E-state index in [1.54, 1.807) is 12.1 Å². The molecule has 1 aliphatic rings. The van der Waals surface area contributed by atoms with E-state index in [1.165, 1.54) is 17.5 Å². The number of aryl methyl sites for hydroxylation is 1. The molecule has 0 aliphatic heterocycles. The summed E-state index contributed by atoms with van der Waals surface area (Å²) in [5, 5.41) is 3.49. The second-order valence-corrected chi connectivity index (χ2v) is 5.63. The fourth-order valence-corrected chi connectivity index (χ4v) is 3.17. The van der Waals surface area contributed by atoms with E-state index in [1.807, 2.05) is 4.57 Å². The zero-order valence-corrected chi connectivity index (χ0v) is 12.2. The van der Waals surface area contributed by atoms with E-state index in [-0.39, 0.29) is 0 Å². The van der Waals surface area contributed by atoms with Crippen molar-refractivity contribution in [1.82, 2.24) is 9.88 Å². The van der Waals surface area contributed by atoms with Crippen LogP contribution >= 0.6 is 0 Å². The topological polar surface area (TPSA) is 17.0 Å². The molecule has 1 atom stereocenters. The number of fused-ring (bicyclic) bond motifs is 1. The summed E-state index contributed by atoms with van der Waals surface area (Å²) in [6, 6.07) is 4.73. The van der Waals surface area contributed by atoms with E-state index < -0.39 is 11.6 Å². The molecule has 0 radical (unpaired) electrons. The van der Waals surface area contributed by atoms with Crippen LogP contribution in [0, 0.1) is 11.6 Å². The number of hydrogen-bond acceptors (Lipinski definition) is 1. The lowest BCUT2D eigenvalue weighted by Crippen LogP contribution is -2.23. The Hall–Kier alpha value is -1.68. The average molecular weight is 290 g/mol. The highest BCUT2D eigenvalue weighted by atomic mass is 19.2. The van der Waals surface area contributed by atoms with Crippen molar-refractivity contribution in [2.24, 2.45) is 0 Å². The first-order valence-electron chi connectivity index (χ1n) is 7.54. The van der Waals surface area contributed by atoms with Crippen molar-refractivity contribution in [2.75, 3.05) is 6.54 Å². The normalized spacial score (nSPS) is 17.8. The Morgan fingerprint density at radius 1 is 1.29 bits per heavy atom. The molecule has 0 fully saturated rings. The fraction of sp³-hybridized carbons (Fsp3) is 0.412. The first-order chi connectivity index (χ1) is 10.2. The number of hydrogen-bond donors (Lipinski definition) is 1. The van der Waals surface area contributed by atoms with E-state index in [9.17, 15) is 8.78 Å². The van der Waals surface area contributed by atoms with Gasteiger partial charge >= 0.3 is 0 Å². The molecule has 21 heavy (non-hydrogen) atoms. The molecule has 1 aliphatic carbocycles. The van der Waals surface area contributed by atoms with Gasteiger partial charge in [0.15, 0.2) is 11.6 Å². The zero-order valence-electron chi connectivity index (χ0n) is 12.2. The van der Waals surface area contributed by atoms with Gasteiger partial charge in [0.25, 0.3) is 0 Å². The summed E-state index contributed by atoms with van der Waals surface area (Å²) in [7, 11) is 0. The third-order valence-electron chi connectivity index (χ3n) is 4.15. The molecule has 0 bridgehead atoms. The second kappa shape index (κ2) is 5.98. The molecule has 1 unspecified atom stereocenters. The third-order valence-corrected chi connectivity index (χ3v) is 4.15. The molecule has 2 nitrogen and oxygen atoms in total. The number of nitrogens with zero attached hydrogens (tertiary/aromatic N) is 1. The molecule has 4 heteroatoms. The minimum atomic E-state index is -0.782. The van der Waals surface area contributed by atoms with Crippen molar-refractivity contribution in [3.05, 3.63) is 58.9 Å². The van der Waals surface area contributed by atoms with Gasteiger partial charge in [0.2, 0.25) is 0 Å². The quantitative estimate of drug-likeness (QED) is 0.906. The third kappa shape index (κ3) is 2.86. The number of rotatable bonds is 4. The maximum atomic E-state index is 13.8. The summed E-state index contributed by atoms with van der Waals surface area (Å²) in [6.45, 7) is 3.41. The lowest BCUT2D eigenvalue weighted by atomic mass is 9.91. The molecule has 1 aromatic carbocycles. The smallest absolute Gasteiger partial charge is 0.163 e. The highest BCUT2D eigenvalue weighted by Gasteiger charge is 2.21. The molecule has 1 aromatic heterocycles. The largest absolute Gasteiger partial charge is 0.349 e. The predicted octanol–water partition coefficient (Wildman–Crippen LogP) is 3.80. The van der Waals surface area contributed by atoms with Gasteiger partial charge in [-0.2, -0.15) is 0 Å². The molecule has 0 saturated heterocycles. The van der Waals surface area contributed by atoms with Gasteiger partial charge in [0, 0.05) is 24.0 Å². The second-order valence-electron chi connectivity index (χ2n) is 5.63. The van der Waals surface area contributed by atoms with Crippen LogP contribution in [-0.2, 0) is 13.0 Å². The number of benzene rings is 1. The van der Waals surface area contributed by atoms with E-state index in [0.29, 0.717) is 18.2 Å². The van der Waals surface area contributed by atoms with Gasteiger partial charge in [0.05, 0.1) is 6.54 Å². The maximum absolute atomic E-state index is 13.8. The van der Waals surface area contributed by atoms with Crippen molar-refractivity contribution in [1.29, 1.82) is 0 Å². The standard InChI is InChI=1S/C17H20F2N2/c1-2-20-16-8-4-5-12-9-21(11-14(12)16)10-13-6-3-7-15(18)17(13)19/h3,6-7,9,11,16,20H,2,4-5,8,10H2,1H3. The average Bonchev–Trinajstić information content (AvgIpc) is 2.88. The van der Waals surface area contributed by atoms with Crippen LogP contribution in [0.5, 0.6) is 0 Å². The SMILES string of the molecule is CCNC1CCCc2cn(Cc3cccc(F)c3F)cc21. The van der Waals surface area contributed by atoms with Gasteiger partial charge in [0.1, 0.15) is 0 Å². The molecule has 3 rings (SSSR count). The molecule has 112 valence electrons. The summed E-state index contributed by atoms with van der Waals surface area (Å²) < 4.78 is 29.0. The molecule has 1 heterocycles. The van der Waals surface area contributed by atoms with Crippen LogP contribution in [0.3, 0.4) is 0 Å². The predicted molar refractivity (Wildman–Crippen MR) is 79.2 cm³/mol. The molecular weight excluding hydrogens is 270 g/mol. The monoisotopic (exact) mass is 290 g/mol. The van der Waals surface area contributed by atoms with Gasteiger partial charge in [-0.15, -0.1) is 0 Å². The van der Waals surface area contributed by atoms with Crippen molar-refractivity contribution in [2.45, 2.75) is 38.8 Å². The van der Waals surface area contributed by atoms with Crippen LogP contribution in [0.2, 0.25) is 0 Å². The van der Waals surface area contributed by atoms with E-state index >= 15 is 0 Å². The Morgan fingerprint density at radius 2 is 2.14 bits per heavy atom. The van der Waals surface area contributed by atoms with Crippen LogP contribution in [0.1, 0.15) is 42.5 Å². The van der Waals surface area contributed by atoms with Gasteiger partial charge in [-0.3, -0.25) is 0 Å². The summed E-state index contributed by atoms with van der Waals surface area (Å²) in [6.07, 6.45) is 7.52. The number of nitrogens with one attached hydrogen (secondary N) is 1. The molecule has 1 N–H and O–H groups in total. The summed E-state index contributed by atoms with van der Waals surface area (Å²) >= 11 is 0. The lowest BCUT2D eigenvalue weighted by molar-refractivity contribution is 0.473. The van der Waals surface area contributed by atoms with Gasteiger partial charge in [-0.05, 0) is 43.0 Å². The Bertz CT molecular complexity index is 634. The minimum absolute atomic E-state index is 0.370. The van der Waals surface area contributed by atoms with E-state index in [4.69, 9.17) is 0 Å². The molecule has 2 aromatic rings. The zero-order chi connectivity index (χ0) is 14.8. The molecule has 0 amide bonds. The maximum Gasteiger partial charge on any atom is 0.163 e. The Morgan fingerprint density at radius 3 is 2.95 bits per heavy atom. The van der Waals surface area contributed by atoms with Gasteiger partial charge < -0.3 is 9.88 Å². The highest BCUT2D eigenvalue weighted by molar-refractivity contribution is 5.31. The van der Waals surface area contributed by atoms with Crippen molar-refractivity contribution in [3.8, 4) is 0 Å². The molecular formula is C17H20F2N2. The van der Waals surface area contributed by atoms with Gasteiger partial charge in [-0.1, -0.05) is 19.1 Å². The van der Waals surface area contributed by atoms with Crippen LogP contribution in [0.15, 0.2) is 30.6 Å². The first-order valence-corrected chi connectivity index (χ1v) is 7.54. The van der Waals surface area contributed by atoms with Crippen molar-refractivity contribution < 1.29 is 8.78 Å². The summed E-state index contributed by atoms with van der Waals surface area (Å²) in [4.78, 5) is 0. The molecule has 0 spiro atoms. The summed E-state index contributed by atoms with van der Waals surface area (Å²) in [5.41, 5.74) is 3.02. The lowest BCUT2D eigenvalue weighted by Gasteiger charge is -2.22. The van der Waals surface area contributed by atoms with Crippen LogP contribution in [0.4, 0.5) is 8.78 Å². The minimum Gasteiger partial charge on any atom is -0.349 e. The van der Waals surface area contributed by atoms with Gasteiger partial charge in [-0.25, -0.2) is 8.78 Å². The van der Waals surface area contributed by atoms with Crippen molar-refractivity contribution >= 4 is 0 Å². The van der Waals surface area contributed by atoms with Crippen LogP contribution in [-0.4, -0.2) is 11.1 Å². The molecule has 0 saturated carbocycles. The first kappa shape index (κ1) is 14.3. The highest BCUT2D eigenvalue weighted by Crippen LogP contribution is 2.30. The van der Waals surface area contributed by atoms with Crippen LogP contribution in [0.25, 0.3) is 0 Å². The van der Waals surface area contributed by atoms with Crippen LogP contribution < -0.4 is 5.32 Å². The fourth-order valence-electron chi connectivity index (χ4n) is 3.17. The summed E-state index contributed by atoms with van der Waals surface area (Å²) in [5.74, 6) is -1.53. The Labute approximate surface area is 123 Å². The number of halogens is 2. The van der Waals surface area contributed by atoms with Crippen molar-refractivity contribution in [3.63, 3.8) is 0 Å². The van der Waals surface area contributed by atoms with E-state index in [0.717, 1.165) is 25.5 Å². The number of aromatic nitrogens is 1. The van der Waals surface area contributed by atoms with E-state index in [2.05, 4.69) is 24.6 Å².